The first-order valence-electron chi connectivity index (χ1n) is 8.28. The minimum absolute atomic E-state index is 0.210. The van der Waals surface area contributed by atoms with E-state index < -0.39 is 0 Å². The van der Waals surface area contributed by atoms with Gasteiger partial charge in [0.15, 0.2) is 12.8 Å². The third kappa shape index (κ3) is 5.65. The molecule has 0 saturated heterocycles. The van der Waals surface area contributed by atoms with Gasteiger partial charge in [0, 0.05) is 38.9 Å². The van der Waals surface area contributed by atoms with Gasteiger partial charge in [0.05, 0.1) is 6.61 Å². The van der Waals surface area contributed by atoms with Crippen molar-refractivity contribution in [3.8, 4) is 5.75 Å². The van der Waals surface area contributed by atoms with Crippen LogP contribution >= 0.6 is 0 Å². The normalized spacial score (nSPS) is 14.0. The maximum Gasteiger partial charge on any atom is 0.190 e. The summed E-state index contributed by atoms with van der Waals surface area (Å²) in [6, 6.07) is 2.98. The van der Waals surface area contributed by atoms with Crippen LogP contribution < -0.4 is 15.4 Å². The summed E-state index contributed by atoms with van der Waals surface area (Å²) in [7, 11) is 1.72. The number of rotatable bonds is 8. The number of nitrogens with zero attached hydrogens (tertiary/aromatic N) is 1. The van der Waals surface area contributed by atoms with E-state index in [0.717, 1.165) is 49.0 Å². The fourth-order valence-electron chi connectivity index (χ4n) is 2.50. The number of aliphatic imine (C=N–C) groups is 1. The minimum atomic E-state index is -0.267. The van der Waals surface area contributed by atoms with E-state index in [1.807, 2.05) is 6.92 Å². The highest BCUT2D eigenvalue weighted by Gasteiger charge is 2.16. The fraction of sp³-hybridized carbons (Fsp3) is 0.588. The van der Waals surface area contributed by atoms with E-state index >= 15 is 0 Å². The van der Waals surface area contributed by atoms with Crippen molar-refractivity contribution in [3.05, 3.63) is 29.1 Å². The van der Waals surface area contributed by atoms with Gasteiger partial charge in [-0.15, -0.1) is 0 Å². The van der Waals surface area contributed by atoms with Gasteiger partial charge in [-0.1, -0.05) is 0 Å². The fourth-order valence-corrected chi connectivity index (χ4v) is 2.50. The molecule has 0 aliphatic carbocycles. The molecule has 6 nitrogen and oxygen atoms in total. The quantitative estimate of drug-likeness (QED) is 0.430. The Kier molecular flexibility index (Phi) is 7.77. The summed E-state index contributed by atoms with van der Waals surface area (Å²) in [5.41, 5.74) is 1.60. The van der Waals surface area contributed by atoms with E-state index in [2.05, 4.69) is 15.6 Å². The zero-order valence-corrected chi connectivity index (χ0v) is 14.4. The van der Waals surface area contributed by atoms with Crippen LogP contribution in [0.2, 0.25) is 0 Å². The summed E-state index contributed by atoms with van der Waals surface area (Å²) in [5.74, 6) is 1.20. The highest BCUT2D eigenvalue weighted by molar-refractivity contribution is 5.79. The zero-order valence-electron chi connectivity index (χ0n) is 14.4. The molecule has 1 heterocycles. The number of benzene rings is 1. The number of ether oxygens (including phenoxy) is 3. The number of fused-ring (bicyclic) bond motifs is 1. The van der Waals surface area contributed by atoms with Gasteiger partial charge < -0.3 is 24.8 Å². The van der Waals surface area contributed by atoms with Gasteiger partial charge in [-0.25, -0.2) is 4.39 Å². The number of hydrogen-bond acceptors (Lipinski definition) is 4. The minimum Gasteiger partial charge on any atom is -0.467 e. The Morgan fingerprint density at radius 1 is 1.33 bits per heavy atom. The van der Waals surface area contributed by atoms with Gasteiger partial charge in [0.25, 0.3) is 0 Å². The van der Waals surface area contributed by atoms with Crippen molar-refractivity contribution in [2.24, 2.45) is 4.99 Å². The van der Waals surface area contributed by atoms with Gasteiger partial charge in [0.1, 0.15) is 11.6 Å². The van der Waals surface area contributed by atoms with Gasteiger partial charge in [-0.05, 0) is 37.5 Å². The average Bonchev–Trinajstić information content (AvgIpc) is 2.59. The molecule has 1 aliphatic rings. The molecule has 2 rings (SSSR count). The van der Waals surface area contributed by atoms with E-state index in [1.165, 1.54) is 12.1 Å². The molecule has 0 unspecified atom stereocenters. The summed E-state index contributed by atoms with van der Waals surface area (Å²) in [5, 5.41) is 6.45. The van der Waals surface area contributed by atoms with E-state index in [-0.39, 0.29) is 12.6 Å². The molecule has 1 aromatic carbocycles. The lowest BCUT2D eigenvalue weighted by Gasteiger charge is -2.21. The molecule has 0 amide bonds. The maximum atomic E-state index is 13.7. The second-order valence-electron chi connectivity index (χ2n) is 5.39. The molecule has 0 spiro atoms. The van der Waals surface area contributed by atoms with Crippen LogP contribution in [0.25, 0.3) is 0 Å². The number of nitrogens with one attached hydrogen (secondary N) is 2. The summed E-state index contributed by atoms with van der Waals surface area (Å²) >= 11 is 0. The van der Waals surface area contributed by atoms with Crippen LogP contribution in [0, 0.1) is 5.82 Å². The molecule has 0 fully saturated rings. The molecule has 0 aromatic heterocycles. The first kappa shape index (κ1) is 18.5. The van der Waals surface area contributed by atoms with E-state index in [0.29, 0.717) is 19.6 Å². The van der Waals surface area contributed by atoms with Gasteiger partial charge in [0.2, 0.25) is 0 Å². The highest BCUT2D eigenvalue weighted by Crippen LogP contribution is 2.29. The Morgan fingerprint density at radius 2 is 2.17 bits per heavy atom. The Balaban J connectivity index is 1.79. The molecule has 1 aromatic rings. The molecule has 134 valence electrons. The maximum absolute atomic E-state index is 13.7. The van der Waals surface area contributed by atoms with Gasteiger partial charge in [-0.2, -0.15) is 0 Å². The van der Waals surface area contributed by atoms with E-state index in [4.69, 9.17) is 14.2 Å². The van der Waals surface area contributed by atoms with Crippen LogP contribution in [0.5, 0.6) is 5.75 Å². The molecule has 7 heteroatoms. The Hall–Kier alpha value is -1.86. The predicted molar refractivity (Wildman–Crippen MR) is 90.9 cm³/mol. The SMILES string of the molecule is CCOCCCNC(=NC)NCCc1cc(F)cc2c1OCOC2. The molecule has 2 N–H and O–H groups in total. The first-order chi connectivity index (χ1) is 11.7. The number of halogens is 1. The summed E-state index contributed by atoms with van der Waals surface area (Å²) < 4.78 is 29.7. The number of hydrogen-bond donors (Lipinski definition) is 2. The second-order valence-corrected chi connectivity index (χ2v) is 5.39. The standard InChI is InChI=1S/C17H26FN3O3/c1-3-22-8-4-6-20-17(19-2)21-7-5-13-9-15(18)10-14-11-23-12-24-16(13)14/h9-10H,3-8,11-12H2,1-2H3,(H2,19,20,21). The van der Waals surface area contributed by atoms with Crippen molar-refractivity contribution in [2.75, 3.05) is 40.1 Å². The molecular formula is C17H26FN3O3. The zero-order chi connectivity index (χ0) is 17.2. The molecule has 1 aliphatic heterocycles. The van der Waals surface area contributed by atoms with Crippen LogP contribution in [0.15, 0.2) is 17.1 Å². The Morgan fingerprint density at radius 3 is 2.96 bits per heavy atom. The smallest absolute Gasteiger partial charge is 0.190 e. The molecule has 0 radical (unpaired) electrons. The van der Waals surface area contributed by atoms with Crippen molar-refractivity contribution < 1.29 is 18.6 Å². The predicted octanol–water partition coefficient (Wildman–Crippen LogP) is 1.83. The van der Waals surface area contributed by atoms with Crippen LogP contribution in [-0.4, -0.2) is 46.1 Å². The number of guanidine groups is 1. The molecule has 0 bridgehead atoms. The van der Waals surface area contributed by atoms with Gasteiger partial charge in [-0.3, -0.25) is 4.99 Å². The van der Waals surface area contributed by atoms with Crippen molar-refractivity contribution in [1.82, 2.24) is 10.6 Å². The Labute approximate surface area is 142 Å². The molecule has 24 heavy (non-hydrogen) atoms. The van der Waals surface area contributed by atoms with E-state index in [1.54, 1.807) is 7.05 Å². The second kappa shape index (κ2) is 10.1. The third-order valence-electron chi connectivity index (χ3n) is 3.62. The van der Waals surface area contributed by atoms with Crippen LogP contribution in [-0.2, 0) is 22.5 Å². The average molecular weight is 339 g/mol. The lowest BCUT2D eigenvalue weighted by atomic mass is 10.1. The Bertz CT molecular complexity index is 552. The first-order valence-corrected chi connectivity index (χ1v) is 8.28. The van der Waals surface area contributed by atoms with Crippen molar-refractivity contribution in [2.45, 2.75) is 26.4 Å². The van der Waals surface area contributed by atoms with Crippen LogP contribution in [0.3, 0.4) is 0 Å². The van der Waals surface area contributed by atoms with Crippen molar-refractivity contribution in [1.29, 1.82) is 0 Å². The molecular weight excluding hydrogens is 313 g/mol. The lowest BCUT2D eigenvalue weighted by molar-refractivity contribution is -0.0172. The highest BCUT2D eigenvalue weighted by atomic mass is 19.1. The van der Waals surface area contributed by atoms with Crippen LogP contribution in [0.4, 0.5) is 4.39 Å². The van der Waals surface area contributed by atoms with Crippen LogP contribution in [0.1, 0.15) is 24.5 Å². The topological polar surface area (TPSA) is 64.1 Å². The van der Waals surface area contributed by atoms with E-state index in [9.17, 15) is 4.39 Å². The molecule has 0 saturated carbocycles. The van der Waals surface area contributed by atoms with Gasteiger partial charge >= 0.3 is 0 Å². The molecule has 0 atom stereocenters. The summed E-state index contributed by atoms with van der Waals surface area (Å²) in [6.07, 6.45) is 1.56. The van der Waals surface area contributed by atoms with Crippen molar-refractivity contribution in [3.63, 3.8) is 0 Å². The van der Waals surface area contributed by atoms with Crippen molar-refractivity contribution >= 4 is 5.96 Å². The summed E-state index contributed by atoms with van der Waals surface area (Å²) in [6.45, 7) is 5.46. The summed E-state index contributed by atoms with van der Waals surface area (Å²) in [4.78, 5) is 4.17. The lowest BCUT2D eigenvalue weighted by Crippen LogP contribution is -2.39. The third-order valence-corrected chi connectivity index (χ3v) is 3.62. The monoisotopic (exact) mass is 339 g/mol. The largest absolute Gasteiger partial charge is 0.467 e.